The number of aromatic nitrogens is 1. The smallest absolute Gasteiger partial charge is 0.0798 e. The molecule has 0 amide bonds. The van der Waals surface area contributed by atoms with E-state index in [1.807, 2.05) is 5.51 Å². The van der Waals surface area contributed by atoms with Crippen LogP contribution < -0.4 is 10.2 Å². The van der Waals surface area contributed by atoms with E-state index in [2.05, 4.69) is 77.1 Å². The zero-order chi connectivity index (χ0) is 15.4. The highest BCUT2D eigenvalue weighted by Crippen LogP contribution is 2.27. The summed E-state index contributed by atoms with van der Waals surface area (Å²) in [6.45, 7) is 8.18. The number of hydrogen-bond acceptors (Lipinski definition) is 4. The summed E-state index contributed by atoms with van der Waals surface area (Å²) < 4.78 is 1.11. The van der Waals surface area contributed by atoms with E-state index in [9.17, 15) is 0 Å². The number of aryl methyl sites for hydroxylation is 1. The first-order valence-electron chi connectivity index (χ1n) is 7.09. The molecular formula is C16H22BrN3S. The van der Waals surface area contributed by atoms with Gasteiger partial charge >= 0.3 is 0 Å². The molecule has 0 radical (unpaired) electrons. The average Bonchev–Trinajstić information content (AvgIpc) is 2.82. The van der Waals surface area contributed by atoms with Crippen LogP contribution in [-0.4, -0.2) is 18.1 Å². The maximum atomic E-state index is 4.33. The zero-order valence-electron chi connectivity index (χ0n) is 13.0. The number of nitrogens with zero attached hydrogens (tertiary/aromatic N) is 2. The summed E-state index contributed by atoms with van der Waals surface area (Å²) in [6.07, 6.45) is 0. The highest BCUT2D eigenvalue weighted by Gasteiger charge is 2.11. The molecule has 21 heavy (non-hydrogen) atoms. The lowest BCUT2D eigenvalue weighted by Gasteiger charge is -2.23. The van der Waals surface area contributed by atoms with Gasteiger partial charge in [0.05, 0.1) is 17.7 Å². The fraction of sp³-hybridized carbons (Fsp3) is 0.438. The maximum absolute atomic E-state index is 4.33. The molecule has 0 fully saturated rings. The molecule has 0 aliphatic heterocycles. The van der Waals surface area contributed by atoms with Gasteiger partial charge in [-0.05, 0) is 24.6 Å². The van der Waals surface area contributed by atoms with Crippen molar-refractivity contribution in [3.63, 3.8) is 0 Å². The maximum Gasteiger partial charge on any atom is 0.0798 e. The van der Waals surface area contributed by atoms with Crippen LogP contribution >= 0.6 is 27.3 Å². The fourth-order valence-electron chi connectivity index (χ4n) is 2.13. The van der Waals surface area contributed by atoms with Crippen LogP contribution in [0.3, 0.4) is 0 Å². The van der Waals surface area contributed by atoms with Crippen LogP contribution in [0.15, 0.2) is 28.2 Å². The fourth-order valence-corrected chi connectivity index (χ4v) is 3.31. The van der Waals surface area contributed by atoms with Gasteiger partial charge in [-0.15, -0.1) is 11.3 Å². The van der Waals surface area contributed by atoms with Crippen LogP contribution in [0, 0.1) is 6.92 Å². The molecule has 0 unspecified atom stereocenters. The molecule has 0 bridgehead atoms. The van der Waals surface area contributed by atoms with E-state index in [0.717, 1.165) is 23.3 Å². The lowest BCUT2D eigenvalue weighted by atomic mass is 10.1. The lowest BCUT2D eigenvalue weighted by molar-refractivity contribution is 0.588. The standard InChI is InChI=1S/C16H22BrN3S/c1-11(2)18-8-13-5-6-14(17)7-15(13)20(4)9-16-12(3)19-10-21-16/h5-7,10-11,18H,8-9H2,1-4H3. The van der Waals surface area contributed by atoms with Crippen molar-refractivity contribution in [2.75, 3.05) is 11.9 Å². The second-order valence-corrected chi connectivity index (χ2v) is 7.38. The van der Waals surface area contributed by atoms with Gasteiger partial charge in [-0.2, -0.15) is 0 Å². The van der Waals surface area contributed by atoms with Crippen LogP contribution in [-0.2, 0) is 13.1 Å². The quantitative estimate of drug-likeness (QED) is 0.822. The number of hydrogen-bond donors (Lipinski definition) is 1. The minimum Gasteiger partial charge on any atom is -0.369 e. The largest absolute Gasteiger partial charge is 0.369 e. The molecule has 3 nitrogen and oxygen atoms in total. The molecule has 0 saturated carbocycles. The van der Waals surface area contributed by atoms with E-state index < -0.39 is 0 Å². The van der Waals surface area contributed by atoms with Crippen molar-refractivity contribution in [1.29, 1.82) is 0 Å². The molecule has 1 aromatic carbocycles. The van der Waals surface area contributed by atoms with Gasteiger partial charge < -0.3 is 10.2 Å². The van der Waals surface area contributed by atoms with Crippen LogP contribution in [0.2, 0.25) is 0 Å². The molecule has 0 spiro atoms. The van der Waals surface area contributed by atoms with Gasteiger partial charge in [0.2, 0.25) is 0 Å². The van der Waals surface area contributed by atoms with Gasteiger partial charge in [-0.3, -0.25) is 0 Å². The van der Waals surface area contributed by atoms with Gasteiger partial charge in [0.1, 0.15) is 0 Å². The number of benzene rings is 1. The Morgan fingerprint density at radius 1 is 1.38 bits per heavy atom. The van der Waals surface area contributed by atoms with Gasteiger partial charge in [-0.1, -0.05) is 35.8 Å². The molecule has 1 heterocycles. The van der Waals surface area contributed by atoms with E-state index in [0.29, 0.717) is 6.04 Å². The summed E-state index contributed by atoms with van der Waals surface area (Å²) in [7, 11) is 2.14. The first kappa shape index (κ1) is 16.5. The Kier molecular flexibility index (Phi) is 5.79. The van der Waals surface area contributed by atoms with E-state index in [1.54, 1.807) is 11.3 Å². The van der Waals surface area contributed by atoms with Crippen LogP contribution in [0.25, 0.3) is 0 Å². The third kappa shape index (κ3) is 4.53. The number of thiazole rings is 1. The normalized spacial score (nSPS) is 11.1. The highest BCUT2D eigenvalue weighted by atomic mass is 79.9. The minimum atomic E-state index is 0.482. The van der Waals surface area contributed by atoms with Gasteiger partial charge in [0, 0.05) is 34.7 Å². The van der Waals surface area contributed by atoms with Crippen LogP contribution in [0.4, 0.5) is 5.69 Å². The number of anilines is 1. The molecule has 114 valence electrons. The van der Waals surface area contributed by atoms with Crippen LogP contribution in [0.1, 0.15) is 30.0 Å². The van der Waals surface area contributed by atoms with Gasteiger partial charge in [0.25, 0.3) is 0 Å². The molecule has 1 N–H and O–H groups in total. The number of nitrogens with one attached hydrogen (secondary N) is 1. The second kappa shape index (κ2) is 7.38. The molecule has 0 atom stereocenters. The Hall–Kier alpha value is -0.910. The lowest BCUT2D eigenvalue weighted by Crippen LogP contribution is -2.24. The Labute approximate surface area is 139 Å². The van der Waals surface area contributed by atoms with E-state index in [-0.39, 0.29) is 0 Å². The zero-order valence-corrected chi connectivity index (χ0v) is 15.4. The minimum absolute atomic E-state index is 0.482. The molecule has 0 saturated heterocycles. The van der Waals surface area contributed by atoms with Gasteiger partial charge in [-0.25, -0.2) is 4.98 Å². The predicted octanol–water partition coefficient (Wildman–Crippen LogP) is 4.35. The SMILES string of the molecule is Cc1ncsc1CN(C)c1cc(Br)ccc1CNC(C)C. The second-order valence-electron chi connectivity index (χ2n) is 5.53. The van der Waals surface area contributed by atoms with E-state index >= 15 is 0 Å². The average molecular weight is 368 g/mol. The summed E-state index contributed by atoms with van der Waals surface area (Å²) in [5.41, 5.74) is 5.62. The highest BCUT2D eigenvalue weighted by molar-refractivity contribution is 9.10. The summed E-state index contributed by atoms with van der Waals surface area (Å²) in [5, 5.41) is 3.50. The van der Waals surface area contributed by atoms with Crippen molar-refractivity contribution in [3.8, 4) is 0 Å². The summed E-state index contributed by atoms with van der Waals surface area (Å²) in [5.74, 6) is 0. The van der Waals surface area contributed by atoms with Crippen molar-refractivity contribution < 1.29 is 0 Å². The Bertz CT molecular complexity index is 595. The van der Waals surface area contributed by atoms with Crippen molar-refractivity contribution in [2.45, 2.75) is 39.9 Å². The summed E-state index contributed by atoms with van der Waals surface area (Å²) in [4.78, 5) is 7.95. The van der Waals surface area contributed by atoms with Crippen molar-refractivity contribution in [3.05, 3.63) is 44.3 Å². The van der Waals surface area contributed by atoms with Crippen molar-refractivity contribution in [2.24, 2.45) is 0 Å². The topological polar surface area (TPSA) is 28.2 Å². The Morgan fingerprint density at radius 2 is 2.14 bits per heavy atom. The van der Waals surface area contributed by atoms with E-state index in [4.69, 9.17) is 0 Å². The molecule has 2 aromatic rings. The molecule has 1 aromatic heterocycles. The monoisotopic (exact) mass is 367 g/mol. The van der Waals surface area contributed by atoms with Crippen molar-refractivity contribution >= 4 is 33.0 Å². The van der Waals surface area contributed by atoms with Crippen molar-refractivity contribution in [1.82, 2.24) is 10.3 Å². The predicted molar refractivity (Wildman–Crippen MR) is 95.1 cm³/mol. The molecule has 0 aliphatic rings. The molecule has 2 rings (SSSR count). The first-order chi connectivity index (χ1) is 9.97. The summed E-state index contributed by atoms with van der Waals surface area (Å²) >= 11 is 5.30. The molecular weight excluding hydrogens is 346 g/mol. The van der Waals surface area contributed by atoms with E-state index in [1.165, 1.54) is 16.1 Å². The number of rotatable bonds is 6. The van der Waals surface area contributed by atoms with Gasteiger partial charge in [0.15, 0.2) is 0 Å². The number of halogens is 1. The third-order valence-corrected chi connectivity index (χ3v) is 4.80. The molecule has 0 aliphatic carbocycles. The Balaban J connectivity index is 2.20. The third-order valence-electron chi connectivity index (χ3n) is 3.38. The van der Waals surface area contributed by atoms with Crippen LogP contribution in [0.5, 0.6) is 0 Å². The Morgan fingerprint density at radius 3 is 2.76 bits per heavy atom. The summed E-state index contributed by atoms with van der Waals surface area (Å²) in [6, 6.07) is 6.96. The first-order valence-corrected chi connectivity index (χ1v) is 8.76. The molecule has 5 heteroatoms.